The van der Waals surface area contributed by atoms with Gasteiger partial charge in [-0.3, -0.25) is 4.79 Å². The van der Waals surface area contributed by atoms with Gasteiger partial charge >= 0.3 is 0 Å². The summed E-state index contributed by atoms with van der Waals surface area (Å²) in [4.78, 5) is 17.1. The van der Waals surface area contributed by atoms with Gasteiger partial charge in [-0.1, -0.05) is 31.2 Å². The lowest BCUT2D eigenvalue weighted by atomic mass is 9.91. The summed E-state index contributed by atoms with van der Waals surface area (Å²) in [6.07, 6.45) is 4.54. The molecule has 1 amide bonds. The number of carbonyl (C=O) groups is 1. The highest BCUT2D eigenvalue weighted by molar-refractivity contribution is 7.17. The van der Waals surface area contributed by atoms with Crippen LogP contribution in [0.25, 0.3) is 10.4 Å². The zero-order valence-electron chi connectivity index (χ0n) is 13.0. The van der Waals surface area contributed by atoms with Gasteiger partial charge in [0.1, 0.15) is 0 Å². The van der Waals surface area contributed by atoms with Crippen molar-refractivity contribution in [3.8, 4) is 10.4 Å². The van der Waals surface area contributed by atoms with Crippen LogP contribution in [0.3, 0.4) is 0 Å². The van der Waals surface area contributed by atoms with Crippen molar-refractivity contribution in [3.63, 3.8) is 0 Å². The van der Waals surface area contributed by atoms with Gasteiger partial charge in [-0.2, -0.15) is 0 Å². The number of likely N-dealkylation sites (tertiary alicyclic amines) is 1. The Morgan fingerprint density at radius 2 is 2.05 bits per heavy atom. The second-order valence-corrected chi connectivity index (χ2v) is 7.67. The van der Waals surface area contributed by atoms with Crippen molar-refractivity contribution in [2.24, 2.45) is 5.92 Å². The molecule has 1 aromatic carbocycles. The number of nitrogens with zero attached hydrogens (tertiary/aromatic N) is 1. The monoisotopic (exact) mass is 311 g/mol. The van der Waals surface area contributed by atoms with Crippen molar-refractivity contribution in [1.82, 2.24) is 4.90 Å². The average molecular weight is 311 g/mol. The average Bonchev–Trinajstić information content (AvgIpc) is 2.99. The number of fused-ring (bicyclic) bond motifs is 3. The molecule has 0 radical (unpaired) electrons. The number of piperidine rings is 1. The minimum atomic E-state index is 0.239. The Balaban J connectivity index is 1.66. The maximum Gasteiger partial charge on any atom is 0.263 e. The lowest BCUT2D eigenvalue weighted by molar-refractivity contribution is 0.0688. The first-order valence-electron chi connectivity index (χ1n) is 8.22. The summed E-state index contributed by atoms with van der Waals surface area (Å²) in [6, 6.07) is 10.8. The molecule has 1 aliphatic carbocycles. The van der Waals surface area contributed by atoms with Crippen molar-refractivity contribution in [2.75, 3.05) is 13.1 Å². The lowest BCUT2D eigenvalue weighted by Crippen LogP contribution is -2.38. The minimum absolute atomic E-state index is 0.239. The molecule has 2 aromatic rings. The third-order valence-electron chi connectivity index (χ3n) is 4.89. The summed E-state index contributed by atoms with van der Waals surface area (Å²) in [5.74, 6) is 0.872. The summed E-state index contributed by atoms with van der Waals surface area (Å²) in [5.41, 5.74) is 4.11. The smallest absolute Gasteiger partial charge is 0.263 e. The van der Waals surface area contributed by atoms with Crippen LogP contribution >= 0.6 is 11.3 Å². The molecule has 3 heteroatoms. The fraction of sp³-hybridized carbons (Fsp3) is 0.421. The number of carbonyl (C=O) groups excluding carboxylic acids is 1. The molecular weight excluding hydrogens is 290 g/mol. The Bertz CT molecular complexity index is 718. The van der Waals surface area contributed by atoms with Crippen LogP contribution in [-0.2, 0) is 12.8 Å². The van der Waals surface area contributed by atoms with Crippen molar-refractivity contribution in [2.45, 2.75) is 32.6 Å². The molecule has 22 heavy (non-hydrogen) atoms. The molecule has 114 valence electrons. The Morgan fingerprint density at radius 1 is 1.23 bits per heavy atom. The second kappa shape index (κ2) is 5.54. The third kappa shape index (κ3) is 2.38. The van der Waals surface area contributed by atoms with Crippen LogP contribution in [0.5, 0.6) is 0 Å². The van der Waals surface area contributed by atoms with Crippen LogP contribution in [0.4, 0.5) is 0 Å². The van der Waals surface area contributed by atoms with Crippen molar-refractivity contribution >= 4 is 17.2 Å². The van der Waals surface area contributed by atoms with E-state index in [2.05, 4.69) is 42.2 Å². The maximum atomic E-state index is 12.8. The van der Waals surface area contributed by atoms with Gasteiger partial charge in [0.05, 0.1) is 4.88 Å². The molecule has 2 aliphatic rings. The Labute approximate surface area is 135 Å². The number of amides is 1. The largest absolute Gasteiger partial charge is 0.338 e. The molecule has 1 aliphatic heterocycles. The van der Waals surface area contributed by atoms with Crippen molar-refractivity contribution in [1.29, 1.82) is 0 Å². The second-order valence-electron chi connectivity index (χ2n) is 6.62. The number of thiophene rings is 1. The van der Waals surface area contributed by atoms with E-state index in [1.807, 2.05) is 0 Å². The number of benzene rings is 1. The van der Waals surface area contributed by atoms with E-state index in [1.54, 1.807) is 11.3 Å². The highest BCUT2D eigenvalue weighted by Crippen LogP contribution is 2.40. The molecule has 0 saturated carbocycles. The molecule has 1 saturated heterocycles. The van der Waals surface area contributed by atoms with E-state index >= 15 is 0 Å². The van der Waals surface area contributed by atoms with Crippen LogP contribution in [0.15, 0.2) is 30.3 Å². The SMILES string of the molecule is CC1CCCN(C(=O)c2cc3c(s2)-c2ccccc2CC3)C1. The van der Waals surface area contributed by atoms with Gasteiger partial charge in [-0.05, 0) is 54.4 Å². The number of rotatable bonds is 1. The van der Waals surface area contributed by atoms with E-state index in [0.717, 1.165) is 37.2 Å². The van der Waals surface area contributed by atoms with Gasteiger partial charge in [-0.15, -0.1) is 11.3 Å². The highest BCUT2D eigenvalue weighted by atomic mass is 32.1. The zero-order valence-corrected chi connectivity index (χ0v) is 13.8. The molecule has 4 rings (SSSR count). The number of hydrogen-bond acceptors (Lipinski definition) is 2. The first-order valence-corrected chi connectivity index (χ1v) is 9.04. The molecule has 0 N–H and O–H groups in total. The summed E-state index contributed by atoms with van der Waals surface area (Å²) in [5, 5.41) is 0. The minimum Gasteiger partial charge on any atom is -0.338 e. The van der Waals surface area contributed by atoms with Crippen LogP contribution in [0.2, 0.25) is 0 Å². The molecular formula is C19H21NOS. The Hall–Kier alpha value is -1.61. The fourth-order valence-electron chi connectivity index (χ4n) is 3.71. The maximum absolute atomic E-state index is 12.8. The van der Waals surface area contributed by atoms with E-state index in [4.69, 9.17) is 0 Å². The Morgan fingerprint density at radius 3 is 2.91 bits per heavy atom. The third-order valence-corrected chi connectivity index (χ3v) is 6.09. The van der Waals surface area contributed by atoms with Crippen LogP contribution in [0, 0.1) is 5.92 Å². The molecule has 2 heterocycles. The van der Waals surface area contributed by atoms with Crippen LogP contribution < -0.4 is 0 Å². The topological polar surface area (TPSA) is 20.3 Å². The van der Waals surface area contributed by atoms with Crippen molar-refractivity contribution < 1.29 is 4.79 Å². The summed E-state index contributed by atoms with van der Waals surface area (Å²) in [7, 11) is 0. The highest BCUT2D eigenvalue weighted by Gasteiger charge is 2.26. The van der Waals surface area contributed by atoms with E-state index in [-0.39, 0.29) is 5.91 Å². The zero-order chi connectivity index (χ0) is 15.1. The molecule has 0 bridgehead atoms. The molecule has 1 unspecified atom stereocenters. The quantitative estimate of drug-likeness (QED) is 0.765. The van der Waals surface area contributed by atoms with Gasteiger partial charge in [0, 0.05) is 18.0 Å². The molecule has 1 aromatic heterocycles. The molecule has 1 atom stereocenters. The normalized spacial score (nSPS) is 20.4. The van der Waals surface area contributed by atoms with Crippen LogP contribution in [0.1, 0.15) is 40.6 Å². The Kier molecular flexibility index (Phi) is 3.53. The predicted octanol–water partition coefficient (Wildman–Crippen LogP) is 4.39. The summed E-state index contributed by atoms with van der Waals surface area (Å²) in [6.45, 7) is 4.08. The first kappa shape index (κ1) is 14.0. The number of hydrogen-bond donors (Lipinski definition) is 0. The standard InChI is InChI=1S/C19H21NOS/c1-13-5-4-10-20(12-13)19(21)17-11-15-9-8-14-6-2-3-7-16(14)18(15)22-17/h2-3,6-7,11,13H,4-5,8-10,12H2,1H3. The number of aryl methyl sites for hydroxylation is 2. The van der Waals surface area contributed by atoms with E-state index in [0.29, 0.717) is 5.92 Å². The summed E-state index contributed by atoms with van der Waals surface area (Å²) >= 11 is 1.69. The van der Waals surface area contributed by atoms with Gasteiger partial charge in [0.2, 0.25) is 0 Å². The molecule has 0 spiro atoms. The molecule has 1 fully saturated rings. The van der Waals surface area contributed by atoms with E-state index < -0.39 is 0 Å². The van der Waals surface area contributed by atoms with Crippen LogP contribution in [-0.4, -0.2) is 23.9 Å². The van der Waals surface area contributed by atoms with Gasteiger partial charge in [0.25, 0.3) is 5.91 Å². The van der Waals surface area contributed by atoms with E-state index in [1.165, 1.54) is 28.0 Å². The predicted molar refractivity (Wildman–Crippen MR) is 91.5 cm³/mol. The van der Waals surface area contributed by atoms with E-state index in [9.17, 15) is 4.79 Å². The molecule has 2 nitrogen and oxygen atoms in total. The van der Waals surface area contributed by atoms with Gasteiger partial charge < -0.3 is 4.90 Å². The fourth-order valence-corrected chi connectivity index (χ4v) is 4.95. The van der Waals surface area contributed by atoms with Gasteiger partial charge in [-0.25, -0.2) is 0 Å². The van der Waals surface area contributed by atoms with Crippen molar-refractivity contribution in [3.05, 3.63) is 46.3 Å². The lowest BCUT2D eigenvalue weighted by Gasteiger charge is -2.30. The first-order chi connectivity index (χ1) is 10.7. The summed E-state index contributed by atoms with van der Waals surface area (Å²) < 4.78 is 0. The van der Waals surface area contributed by atoms with Gasteiger partial charge in [0.15, 0.2) is 0 Å².